The number of hydrogen-bond acceptors (Lipinski definition) is 1. The number of benzene rings is 1. The molecule has 1 aliphatic heterocycles. The highest BCUT2D eigenvalue weighted by Crippen LogP contribution is 2.17. The van der Waals surface area contributed by atoms with Crippen molar-refractivity contribution in [2.24, 2.45) is 0 Å². The zero-order valence-corrected chi connectivity index (χ0v) is 9.73. The molecule has 0 spiro atoms. The van der Waals surface area contributed by atoms with E-state index in [4.69, 9.17) is 0 Å². The molecule has 1 N–H and O–H groups in total. The molecule has 2 heteroatoms. The van der Waals surface area contributed by atoms with Gasteiger partial charge < -0.3 is 10.3 Å². The predicted molar refractivity (Wildman–Crippen MR) is 65.8 cm³/mol. The quantitative estimate of drug-likeness (QED) is 0.749. The summed E-state index contributed by atoms with van der Waals surface area (Å²) in [7, 11) is 0. The first kappa shape index (κ1) is 11.1. The van der Waals surface area contributed by atoms with Gasteiger partial charge in [0.2, 0.25) is 0 Å². The molecule has 1 aliphatic rings. The molecular formula is C14H17NO. The first-order valence-electron chi connectivity index (χ1n) is 5.64. The summed E-state index contributed by atoms with van der Waals surface area (Å²) in [5.41, 5.74) is 3.67. The van der Waals surface area contributed by atoms with Crippen LogP contribution in [0.2, 0.25) is 0 Å². The molecule has 1 aromatic carbocycles. The van der Waals surface area contributed by atoms with Crippen LogP contribution in [-0.2, 0) is 6.42 Å². The highest BCUT2D eigenvalue weighted by Gasteiger charge is 2.15. The molecule has 84 valence electrons. The lowest BCUT2D eigenvalue weighted by Gasteiger charge is -2.28. The maximum atomic E-state index is 11.5. The van der Waals surface area contributed by atoms with E-state index in [1.54, 1.807) is 6.20 Å². The molecule has 2 atom stereocenters. The summed E-state index contributed by atoms with van der Waals surface area (Å²) in [6, 6.07) is 10.4. The van der Waals surface area contributed by atoms with E-state index >= 15 is 0 Å². The number of nitrogens with one attached hydrogen (secondary N) is 1. The van der Waals surface area contributed by atoms with E-state index in [-0.39, 0.29) is 11.1 Å². The van der Waals surface area contributed by atoms with E-state index in [2.05, 4.69) is 18.2 Å². The van der Waals surface area contributed by atoms with Gasteiger partial charge in [0, 0.05) is 5.57 Å². The van der Waals surface area contributed by atoms with Crippen molar-refractivity contribution in [3.8, 4) is 0 Å². The van der Waals surface area contributed by atoms with Gasteiger partial charge in [0.1, 0.15) is 6.04 Å². The van der Waals surface area contributed by atoms with Crippen LogP contribution in [-0.4, -0.2) is 6.04 Å². The Hall–Kier alpha value is -1.38. The van der Waals surface area contributed by atoms with Crippen LogP contribution in [0.1, 0.15) is 19.4 Å². The number of rotatable bonds is 2. The maximum absolute atomic E-state index is 11.5. The molecule has 16 heavy (non-hydrogen) atoms. The fourth-order valence-corrected chi connectivity index (χ4v) is 1.97. The molecule has 0 fully saturated rings. The van der Waals surface area contributed by atoms with Crippen LogP contribution in [0.3, 0.4) is 0 Å². The third-order valence-electron chi connectivity index (χ3n) is 3.00. The van der Waals surface area contributed by atoms with Crippen LogP contribution in [0.5, 0.6) is 0 Å². The van der Waals surface area contributed by atoms with Crippen LogP contribution >= 0.6 is 0 Å². The fourth-order valence-electron chi connectivity index (χ4n) is 1.97. The first-order valence-corrected chi connectivity index (χ1v) is 5.64. The average Bonchev–Trinajstić information content (AvgIpc) is 2.27. The van der Waals surface area contributed by atoms with E-state index in [9.17, 15) is 5.21 Å². The molecule has 2 unspecified atom stereocenters. The van der Waals surface area contributed by atoms with Crippen LogP contribution in [0.4, 0.5) is 0 Å². The van der Waals surface area contributed by atoms with Crippen molar-refractivity contribution < 1.29 is 5.06 Å². The number of allylic oxidation sites excluding steroid dienone is 2. The number of hydroxylamine groups is 2. The third-order valence-corrected chi connectivity index (χ3v) is 3.00. The largest absolute Gasteiger partial charge is 0.629 e. The second kappa shape index (κ2) is 4.64. The normalized spacial score (nSPS) is 24.9. The van der Waals surface area contributed by atoms with Crippen molar-refractivity contribution in [2.45, 2.75) is 26.3 Å². The van der Waals surface area contributed by atoms with Crippen molar-refractivity contribution in [1.29, 1.82) is 0 Å². The molecule has 2 rings (SSSR count). The van der Waals surface area contributed by atoms with E-state index in [0.717, 1.165) is 12.0 Å². The molecule has 2 nitrogen and oxygen atoms in total. The Labute approximate surface area is 96.5 Å². The van der Waals surface area contributed by atoms with Gasteiger partial charge in [-0.15, -0.1) is 0 Å². The highest BCUT2D eigenvalue weighted by atomic mass is 16.5. The maximum Gasteiger partial charge on any atom is 0.108 e. The van der Waals surface area contributed by atoms with Crippen molar-refractivity contribution in [1.82, 2.24) is 0 Å². The Kier molecular flexibility index (Phi) is 3.22. The Morgan fingerprint density at radius 2 is 1.94 bits per heavy atom. The Morgan fingerprint density at radius 1 is 1.25 bits per heavy atom. The lowest BCUT2D eigenvalue weighted by atomic mass is 9.96. The van der Waals surface area contributed by atoms with E-state index in [1.165, 1.54) is 11.1 Å². The van der Waals surface area contributed by atoms with Gasteiger partial charge >= 0.3 is 0 Å². The van der Waals surface area contributed by atoms with Crippen molar-refractivity contribution in [3.05, 3.63) is 64.5 Å². The minimum Gasteiger partial charge on any atom is -0.629 e. The predicted octanol–water partition coefficient (Wildman–Crippen LogP) is 1.84. The lowest BCUT2D eigenvalue weighted by molar-refractivity contribution is -0.812. The van der Waals surface area contributed by atoms with Gasteiger partial charge in [0.05, 0.1) is 6.20 Å². The highest BCUT2D eigenvalue weighted by molar-refractivity contribution is 5.35. The zero-order chi connectivity index (χ0) is 11.5. The second-order valence-corrected chi connectivity index (χ2v) is 4.37. The Bertz CT molecular complexity index is 420. The summed E-state index contributed by atoms with van der Waals surface area (Å²) < 4.78 is 0. The van der Waals surface area contributed by atoms with Crippen LogP contribution in [0, 0.1) is 5.21 Å². The van der Waals surface area contributed by atoms with Gasteiger partial charge in [0.25, 0.3) is 0 Å². The molecule has 1 heterocycles. The monoisotopic (exact) mass is 215 g/mol. The van der Waals surface area contributed by atoms with Crippen molar-refractivity contribution in [3.63, 3.8) is 0 Å². The van der Waals surface area contributed by atoms with E-state index < -0.39 is 0 Å². The van der Waals surface area contributed by atoms with Gasteiger partial charge in [-0.2, -0.15) is 0 Å². The van der Waals surface area contributed by atoms with Gasteiger partial charge in [0.15, 0.2) is 0 Å². The second-order valence-electron chi connectivity index (χ2n) is 4.37. The summed E-state index contributed by atoms with van der Waals surface area (Å²) in [6.07, 6.45) is 4.77. The molecule has 0 aromatic heterocycles. The Balaban J connectivity index is 2.17. The minimum atomic E-state index is 0.0300. The van der Waals surface area contributed by atoms with E-state index in [1.807, 2.05) is 32.0 Å². The molecule has 0 aliphatic carbocycles. The van der Waals surface area contributed by atoms with Crippen LogP contribution in [0.15, 0.2) is 53.8 Å². The van der Waals surface area contributed by atoms with Gasteiger partial charge in [-0.25, -0.2) is 0 Å². The summed E-state index contributed by atoms with van der Waals surface area (Å²) in [5, 5.41) is 11.7. The van der Waals surface area contributed by atoms with Crippen LogP contribution in [0.25, 0.3) is 0 Å². The lowest BCUT2D eigenvalue weighted by Crippen LogP contribution is -3.06. The Morgan fingerprint density at radius 3 is 2.62 bits per heavy atom. The van der Waals surface area contributed by atoms with Gasteiger partial charge in [-0.1, -0.05) is 30.3 Å². The van der Waals surface area contributed by atoms with Crippen molar-refractivity contribution in [2.75, 3.05) is 0 Å². The van der Waals surface area contributed by atoms with E-state index in [0.29, 0.717) is 0 Å². The third kappa shape index (κ3) is 2.40. The topological polar surface area (TPSA) is 27.5 Å². The van der Waals surface area contributed by atoms with Crippen molar-refractivity contribution >= 4 is 0 Å². The summed E-state index contributed by atoms with van der Waals surface area (Å²) in [6.45, 7) is 3.97. The standard InChI is InChI=1S/C14H17NO/c1-11-10-15(16)12(2)8-14(11)9-13-6-4-3-5-7-13/h3-8,10,12,15H,9H2,1-2H3. The minimum absolute atomic E-state index is 0.0300. The molecular weight excluding hydrogens is 198 g/mol. The van der Waals surface area contributed by atoms with Gasteiger partial charge in [-0.3, -0.25) is 0 Å². The smallest absolute Gasteiger partial charge is 0.108 e. The molecule has 0 saturated carbocycles. The molecule has 0 bridgehead atoms. The zero-order valence-electron chi connectivity index (χ0n) is 9.73. The van der Waals surface area contributed by atoms with Crippen LogP contribution < -0.4 is 5.06 Å². The summed E-state index contributed by atoms with van der Waals surface area (Å²) >= 11 is 0. The number of quaternary nitrogens is 1. The molecule has 0 saturated heterocycles. The summed E-state index contributed by atoms with van der Waals surface area (Å²) in [5.74, 6) is 0. The molecule has 0 amide bonds. The first-order chi connectivity index (χ1) is 7.66. The SMILES string of the molecule is CC1=C[NH+]([O-])C(C)C=C1Cc1ccccc1. The average molecular weight is 215 g/mol. The summed E-state index contributed by atoms with van der Waals surface area (Å²) in [4.78, 5) is 0. The molecule has 1 aromatic rings. The number of hydrogen-bond donors (Lipinski definition) is 1. The van der Waals surface area contributed by atoms with Gasteiger partial charge in [-0.05, 0) is 37.5 Å². The fraction of sp³-hybridized carbons (Fsp3) is 0.286. The molecule has 0 radical (unpaired) electrons.